The first-order chi connectivity index (χ1) is 14.6. The minimum Gasteiger partial charge on any atom is -0.319 e. The molecule has 31 heavy (non-hydrogen) atoms. The predicted octanol–water partition coefficient (Wildman–Crippen LogP) is 4.51. The van der Waals surface area contributed by atoms with E-state index in [0.29, 0.717) is 11.1 Å². The van der Waals surface area contributed by atoms with Crippen molar-refractivity contribution in [3.8, 4) is 0 Å². The zero-order valence-corrected chi connectivity index (χ0v) is 18.7. The Bertz CT molecular complexity index is 1050. The number of carbonyl (C=O) groups excluding carboxylic acids is 3. The van der Waals surface area contributed by atoms with Gasteiger partial charge in [-0.2, -0.15) is 0 Å². The molecule has 0 radical (unpaired) electrons. The highest BCUT2D eigenvalue weighted by molar-refractivity contribution is 6.11. The number of benzene rings is 2. The van der Waals surface area contributed by atoms with Gasteiger partial charge in [0.2, 0.25) is 0 Å². The molecule has 0 saturated carbocycles. The Kier molecular flexibility index (Phi) is 5.24. The minimum absolute atomic E-state index is 0.00427. The smallest absolute Gasteiger partial charge is 0.319 e. The van der Waals surface area contributed by atoms with Crippen LogP contribution in [0.4, 0.5) is 4.79 Å². The number of Topliss-reactive ketones (excluding diaryl/α,β-unsaturated/α-hetero) is 1. The summed E-state index contributed by atoms with van der Waals surface area (Å²) in [5.74, 6) is -0.614. The maximum absolute atomic E-state index is 13.2. The topological polar surface area (TPSA) is 66.5 Å². The lowest BCUT2D eigenvalue weighted by atomic mass is 9.84. The summed E-state index contributed by atoms with van der Waals surface area (Å²) in [5.41, 5.74) is 3.74. The molecule has 1 atom stereocenters. The number of imide groups is 1. The number of hydrogen-bond acceptors (Lipinski definition) is 3. The maximum Gasteiger partial charge on any atom is 0.325 e. The first-order valence-corrected chi connectivity index (χ1v) is 11.0. The van der Waals surface area contributed by atoms with E-state index < -0.39 is 17.5 Å². The van der Waals surface area contributed by atoms with E-state index >= 15 is 0 Å². The van der Waals surface area contributed by atoms with Crippen molar-refractivity contribution in [3.05, 3.63) is 70.3 Å². The molecule has 4 rings (SSSR count). The van der Waals surface area contributed by atoms with Gasteiger partial charge >= 0.3 is 6.03 Å². The molecule has 5 nitrogen and oxygen atoms in total. The Hall–Kier alpha value is -2.95. The van der Waals surface area contributed by atoms with Gasteiger partial charge in [0.15, 0.2) is 5.78 Å². The number of rotatable bonds is 4. The van der Waals surface area contributed by atoms with Gasteiger partial charge in [-0.25, -0.2) is 4.79 Å². The number of fused-ring (bicyclic) bond motifs is 1. The molecule has 0 spiro atoms. The maximum atomic E-state index is 13.2. The number of urea groups is 1. The zero-order chi connectivity index (χ0) is 22.4. The summed E-state index contributed by atoms with van der Waals surface area (Å²) >= 11 is 0. The summed E-state index contributed by atoms with van der Waals surface area (Å²) < 4.78 is 0. The molecule has 3 amide bonds. The SMILES string of the molecule is CC(C)(C)c1ccc(C2(C)NC(=O)N(CC(=O)c3ccc4c(c3)CCCC4)C2=O)cc1. The molecule has 1 aliphatic heterocycles. The zero-order valence-electron chi connectivity index (χ0n) is 18.7. The van der Waals surface area contributed by atoms with Crippen molar-refractivity contribution in [1.29, 1.82) is 0 Å². The average molecular weight is 419 g/mol. The molecule has 1 unspecified atom stereocenters. The third-order valence-corrected chi connectivity index (χ3v) is 6.58. The lowest BCUT2D eigenvalue weighted by Crippen LogP contribution is -2.41. The Morgan fingerprint density at radius 3 is 2.29 bits per heavy atom. The third-order valence-electron chi connectivity index (χ3n) is 6.58. The largest absolute Gasteiger partial charge is 0.325 e. The quantitative estimate of drug-likeness (QED) is 0.587. The Labute approximate surface area is 183 Å². The van der Waals surface area contributed by atoms with Gasteiger partial charge in [0.05, 0.1) is 6.54 Å². The highest BCUT2D eigenvalue weighted by Crippen LogP contribution is 2.31. The molecule has 0 bridgehead atoms. The highest BCUT2D eigenvalue weighted by Gasteiger charge is 2.49. The molecule has 1 saturated heterocycles. The van der Waals surface area contributed by atoms with Crippen molar-refractivity contribution < 1.29 is 14.4 Å². The second kappa shape index (κ2) is 7.63. The second-order valence-electron chi connectivity index (χ2n) is 9.89. The molecule has 1 fully saturated rings. The Balaban J connectivity index is 1.53. The number of carbonyl (C=O) groups is 3. The number of amides is 3. The minimum atomic E-state index is -1.18. The van der Waals surface area contributed by atoms with E-state index in [1.165, 1.54) is 17.5 Å². The van der Waals surface area contributed by atoms with Crippen molar-refractivity contribution in [3.63, 3.8) is 0 Å². The standard InChI is InChI=1S/C26H30N2O3/c1-25(2,3)20-11-13-21(14-12-20)26(4)23(30)28(24(31)27-26)16-22(29)19-10-9-17-7-5-6-8-18(17)15-19/h9-15H,5-8,16H2,1-4H3,(H,27,31). The van der Waals surface area contributed by atoms with Crippen LogP contribution in [0.3, 0.4) is 0 Å². The summed E-state index contributed by atoms with van der Waals surface area (Å²) in [5, 5.41) is 2.80. The molecule has 1 heterocycles. The number of ketones is 1. The molecule has 162 valence electrons. The lowest BCUT2D eigenvalue weighted by Gasteiger charge is -2.24. The fraction of sp³-hybridized carbons (Fsp3) is 0.423. The van der Waals surface area contributed by atoms with Gasteiger partial charge in [0, 0.05) is 5.56 Å². The van der Waals surface area contributed by atoms with Crippen LogP contribution in [-0.4, -0.2) is 29.2 Å². The molecule has 1 N–H and O–H groups in total. The van der Waals surface area contributed by atoms with E-state index in [0.717, 1.165) is 29.7 Å². The molecule has 1 aliphatic carbocycles. The average Bonchev–Trinajstić information content (AvgIpc) is 2.96. The molecule has 0 aromatic heterocycles. The van der Waals surface area contributed by atoms with Crippen LogP contribution in [0.25, 0.3) is 0 Å². The third kappa shape index (κ3) is 3.89. The van der Waals surface area contributed by atoms with Crippen LogP contribution >= 0.6 is 0 Å². The van der Waals surface area contributed by atoms with Crippen LogP contribution in [0, 0.1) is 0 Å². The van der Waals surface area contributed by atoms with Crippen molar-refractivity contribution >= 4 is 17.7 Å². The predicted molar refractivity (Wildman–Crippen MR) is 120 cm³/mol. The summed E-state index contributed by atoms with van der Waals surface area (Å²) in [6.07, 6.45) is 4.33. The first kappa shape index (κ1) is 21.3. The van der Waals surface area contributed by atoms with Crippen LogP contribution in [0.5, 0.6) is 0 Å². The van der Waals surface area contributed by atoms with E-state index in [2.05, 4.69) is 26.1 Å². The van der Waals surface area contributed by atoms with Gasteiger partial charge in [-0.15, -0.1) is 0 Å². The van der Waals surface area contributed by atoms with Crippen molar-refractivity contribution in [2.24, 2.45) is 0 Å². The molecular weight excluding hydrogens is 388 g/mol. The number of hydrogen-bond donors (Lipinski definition) is 1. The van der Waals surface area contributed by atoms with Gasteiger partial charge in [0.25, 0.3) is 5.91 Å². The van der Waals surface area contributed by atoms with E-state index in [4.69, 9.17) is 0 Å². The summed E-state index contributed by atoms with van der Waals surface area (Å²) in [6, 6.07) is 13.0. The van der Waals surface area contributed by atoms with Gasteiger partial charge in [-0.1, -0.05) is 57.2 Å². The molecule has 2 aromatic carbocycles. The fourth-order valence-electron chi connectivity index (χ4n) is 4.48. The monoisotopic (exact) mass is 418 g/mol. The molecule has 5 heteroatoms. The fourth-order valence-corrected chi connectivity index (χ4v) is 4.48. The first-order valence-electron chi connectivity index (χ1n) is 11.0. The van der Waals surface area contributed by atoms with Gasteiger partial charge in [0.1, 0.15) is 5.54 Å². The Morgan fingerprint density at radius 2 is 1.65 bits per heavy atom. The molecular formula is C26H30N2O3. The molecule has 2 aliphatic rings. The van der Waals surface area contributed by atoms with E-state index in [1.807, 2.05) is 42.5 Å². The van der Waals surface area contributed by atoms with Crippen LogP contribution in [-0.2, 0) is 28.6 Å². The van der Waals surface area contributed by atoms with E-state index in [-0.39, 0.29) is 17.7 Å². The van der Waals surface area contributed by atoms with Crippen molar-refractivity contribution in [1.82, 2.24) is 10.2 Å². The Morgan fingerprint density at radius 1 is 1.00 bits per heavy atom. The molecule has 2 aromatic rings. The highest BCUT2D eigenvalue weighted by atomic mass is 16.2. The van der Waals surface area contributed by atoms with Crippen LogP contribution < -0.4 is 5.32 Å². The normalized spacial score (nSPS) is 21.1. The van der Waals surface area contributed by atoms with Crippen LogP contribution in [0.1, 0.15) is 73.1 Å². The number of nitrogens with one attached hydrogen (secondary N) is 1. The second-order valence-corrected chi connectivity index (χ2v) is 9.89. The van der Waals surface area contributed by atoms with E-state index in [1.54, 1.807) is 6.92 Å². The van der Waals surface area contributed by atoms with Crippen LogP contribution in [0.15, 0.2) is 42.5 Å². The van der Waals surface area contributed by atoms with Crippen molar-refractivity contribution in [2.75, 3.05) is 6.54 Å². The van der Waals surface area contributed by atoms with E-state index in [9.17, 15) is 14.4 Å². The van der Waals surface area contributed by atoms with Crippen molar-refractivity contribution in [2.45, 2.75) is 64.3 Å². The lowest BCUT2D eigenvalue weighted by molar-refractivity contribution is -0.130. The van der Waals surface area contributed by atoms with Gasteiger partial charge in [-0.3, -0.25) is 14.5 Å². The summed E-state index contributed by atoms with van der Waals surface area (Å²) in [6.45, 7) is 7.82. The van der Waals surface area contributed by atoms with Crippen LogP contribution in [0.2, 0.25) is 0 Å². The van der Waals surface area contributed by atoms with Gasteiger partial charge in [-0.05, 0) is 66.3 Å². The number of aryl methyl sites for hydroxylation is 2. The van der Waals surface area contributed by atoms with Gasteiger partial charge < -0.3 is 5.32 Å². The summed E-state index contributed by atoms with van der Waals surface area (Å²) in [7, 11) is 0. The number of nitrogens with zero attached hydrogens (tertiary/aromatic N) is 1. The summed E-state index contributed by atoms with van der Waals surface area (Å²) in [4.78, 5) is 39.8.